The Morgan fingerprint density at radius 3 is 2.29 bits per heavy atom. The fourth-order valence-corrected chi connectivity index (χ4v) is 1.67. The van der Waals surface area contributed by atoms with Crippen molar-refractivity contribution in [3.05, 3.63) is 10.1 Å². The van der Waals surface area contributed by atoms with Gasteiger partial charge in [0.1, 0.15) is 11.2 Å². The lowest BCUT2D eigenvalue weighted by Gasteiger charge is -2.28. The van der Waals surface area contributed by atoms with Crippen LogP contribution in [0.15, 0.2) is 0 Å². The second-order valence-corrected chi connectivity index (χ2v) is 4.16. The van der Waals surface area contributed by atoms with Gasteiger partial charge in [0.2, 0.25) is 6.54 Å². The van der Waals surface area contributed by atoms with Crippen molar-refractivity contribution < 1.29 is 19.2 Å². The van der Waals surface area contributed by atoms with Gasteiger partial charge in [-0.15, -0.1) is 0 Å². The normalized spacial score (nSPS) is 15.8. The van der Waals surface area contributed by atoms with Crippen LogP contribution < -0.4 is 0 Å². The van der Waals surface area contributed by atoms with Crippen LogP contribution in [0.3, 0.4) is 0 Å². The van der Waals surface area contributed by atoms with E-state index >= 15 is 0 Å². The van der Waals surface area contributed by atoms with Crippen molar-refractivity contribution in [2.24, 2.45) is 11.3 Å². The predicted molar refractivity (Wildman–Crippen MR) is 61.1 cm³/mol. The van der Waals surface area contributed by atoms with Gasteiger partial charge in [0.25, 0.3) is 0 Å². The van der Waals surface area contributed by atoms with Crippen molar-refractivity contribution in [1.29, 1.82) is 0 Å². The lowest BCUT2D eigenvalue weighted by Crippen LogP contribution is -2.44. The molecule has 0 amide bonds. The molecule has 0 saturated carbocycles. The highest BCUT2D eigenvalue weighted by molar-refractivity contribution is 5.89. The second-order valence-electron chi connectivity index (χ2n) is 4.16. The van der Waals surface area contributed by atoms with Gasteiger partial charge in [-0.3, -0.25) is 19.7 Å². The van der Waals surface area contributed by atoms with Crippen LogP contribution in [0, 0.1) is 21.4 Å². The summed E-state index contributed by atoms with van der Waals surface area (Å²) < 4.78 is 4.81. The number of rotatable bonds is 7. The van der Waals surface area contributed by atoms with Gasteiger partial charge in [-0.25, -0.2) is 0 Å². The number of hydrogen-bond acceptors (Lipinski definition) is 5. The largest absolute Gasteiger partial charge is 0.466 e. The number of ketones is 1. The van der Waals surface area contributed by atoms with Gasteiger partial charge in [0, 0.05) is 11.3 Å². The van der Waals surface area contributed by atoms with E-state index in [-0.39, 0.29) is 18.8 Å². The molecule has 0 aromatic heterocycles. The smallest absolute Gasteiger partial charge is 0.309 e. The molecule has 0 aliphatic heterocycles. The zero-order chi connectivity index (χ0) is 13.6. The number of nitrogens with zero attached hydrogens (tertiary/aromatic N) is 1. The summed E-state index contributed by atoms with van der Waals surface area (Å²) in [6.07, 6.45) is 0.161. The molecule has 17 heavy (non-hydrogen) atoms. The van der Waals surface area contributed by atoms with Crippen molar-refractivity contribution >= 4 is 11.8 Å². The Kier molecular flexibility index (Phi) is 5.78. The summed E-state index contributed by atoms with van der Waals surface area (Å²) in [5, 5.41) is 10.6. The minimum Gasteiger partial charge on any atom is -0.466 e. The van der Waals surface area contributed by atoms with Crippen LogP contribution in [0.2, 0.25) is 0 Å². The topological polar surface area (TPSA) is 86.5 Å². The molecule has 2 unspecified atom stereocenters. The fourth-order valence-electron chi connectivity index (χ4n) is 1.67. The molecule has 0 aliphatic carbocycles. The summed E-state index contributed by atoms with van der Waals surface area (Å²) in [6.45, 7) is 5.85. The van der Waals surface area contributed by atoms with Crippen molar-refractivity contribution in [3.8, 4) is 0 Å². The van der Waals surface area contributed by atoms with Gasteiger partial charge in [-0.2, -0.15) is 0 Å². The first-order valence-corrected chi connectivity index (χ1v) is 5.61. The fraction of sp³-hybridized carbons (Fsp3) is 0.818. The zero-order valence-electron chi connectivity index (χ0n) is 10.7. The molecule has 0 aliphatic rings. The average molecular weight is 245 g/mol. The van der Waals surface area contributed by atoms with E-state index in [0.29, 0.717) is 0 Å². The van der Waals surface area contributed by atoms with Gasteiger partial charge in [-0.05, 0) is 13.8 Å². The molecule has 0 fully saturated rings. The van der Waals surface area contributed by atoms with Crippen molar-refractivity contribution in [2.75, 3.05) is 13.2 Å². The summed E-state index contributed by atoms with van der Waals surface area (Å²) in [6, 6.07) is 0. The molecule has 6 nitrogen and oxygen atoms in total. The Balaban J connectivity index is 5.09. The summed E-state index contributed by atoms with van der Waals surface area (Å²) in [5.74, 6) is -1.69. The van der Waals surface area contributed by atoms with Crippen molar-refractivity contribution in [3.63, 3.8) is 0 Å². The number of carbonyl (C=O) groups is 2. The third-order valence-electron chi connectivity index (χ3n) is 3.01. The number of ether oxygens (including phenoxy) is 1. The monoisotopic (exact) mass is 245 g/mol. The minimum absolute atomic E-state index is 0.161. The average Bonchev–Trinajstić information content (AvgIpc) is 2.26. The molecule has 2 atom stereocenters. The molecule has 0 saturated heterocycles. The Morgan fingerprint density at radius 2 is 1.94 bits per heavy atom. The number of Topliss-reactive ketones (excluding diaryl/α,β-unsaturated/α-hetero) is 1. The number of hydrogen-bond donors (Lipinski definition) is 0. The summed E-state index contributed by atoms with van der Waals surface area (Å²) in [4.78, 5) is 33.5. The van der Waals surface area contributed by atoms with E-state index in [1.54, 1.807) is 13.8 Å². The Hall–Kier alpha value is -1.46. The van der Waals surface area contributed by atoms with E-state index in [1.165, 1.54) is 13.8 Å². The summed E-state index contributed by atoms with van der Waals surface area (Å²) in [5.41, 5.74) is -1.30. The van der Waals surface area contributed by atoms with Crippen LogP contribution in [0.5, 0.6) is 0 Å². The highest BCUT2D eigenvalue weighted by Gasteiger charge is 2.46. The first-order valence-electron chi connectivity index (χ1n) is 5.61. The van der Waals surface area contributed by atoms with E-state index < -0.39 is 28.8 Å². The first-order chi connectivity index (χ1) is 7.79. The van der Waals surface area contributed by atoms with Crippen LogP contribution in [0.1, 0.15) is 34.1 Å². The molecule has 0 heterocycles. The molecule has 0 radical (unpaired) electrons. The maximum atomic E-state index is 11.8. The third kappa shape index (κ3) is 3.80. The standard InChI is InChI=1S/C11H19NO5/c1-5-9(13)11(4,7-12(15)16)8(3)10(14)17-6-2/h8H,5-7H2,1-4H3. The van der Waals surface area contributed by atoms with Gasteiger partial charge < -0.3 is 4.74 Å². The Labute approximate surface area is 100 Å². The number of nitro groups is 1. The molecule has 0 aromatic carbocycles. The molecule has 0 spiro atoms. The van der Waals surface area contributed by atoms with Crippen molar-refractivity contribution in [1.82, 2.24) is 0 Å². The van der Waals surface area contributed by atoms with Crippen LogP contribution in [-0.2, 0) is 14.3 Å². The summed E-state index contributed by atoms with van der Waals surface area (Å²) >= 11 is 0. The molecular formula is C11H19NO5. The van der Waals surface area contributed by atoms with Crippen molar-refractivity contribution in [2.45, 2.75) is 34.1 Å². The Morgan fingerprint density at radius 1 is 1.41 bits per heavy atom. The molecular weight excluding hydrogens is 226 g/mol. The molecule has 0 rings (SSSR count). The van der Waals surface area contributed by atoms with Gasteiger partial charge >= 0.3 is 5.97 Å². The van der Waals surface area contributed by atoms with Crippen LogP contribution in [0.25, 0.3) is 0 Å². The van der Waals surface area contributed by atoms with Crippen LogP contribution in [-0.4, -0.2) is 29.8 Å². The molecule has 6 heteroatoms. The van der Waals surface area contributed by atoms with Crippen LogP contribution >= 0.6 is 0 Å². The SMILES string of the molecule is CCOC(=O)C(C)C(C)(C[N+](=O)[O-])C(=O)CC. The molecule has 0 aromatic rings. The maximum absolute atomic E-state index is 11.8. The maximum Gasteiger partial charge on any atom is 0.309 e. The molecule has 0 N–H and O–H groups in total. The predicted octanol–water partition coefficient (Wildman–Crippen LogP) is 1.45. The highest BCUT2D eigenvalue weighted by atomic mass is 16.6. The second kappa shape index (κ2) is 6.32. The van der Waals surface area contributed by atoms with E-state index in [0.717, 1.165) is 0 Å². The zero-order valence-corrected chi connectivity index (χ0v) is 10.7. The van der Waals surface area contributed by atoms with E-state index in [1.807, 2.05) is 0 Å². The minimum atomic E-state index is -1.30. The quantitative estimate of drug-likeness (QED) is 0.385. The van der Waals surface area contributed by atoms with E-state index in [2.05, 4.69) is 0 Å². The lowest BCUT2D eigenvalue weighted by atomic mass is 9.73. The van der Waals surface area contributed by atoms with Gasteiger partial charge in [-0.1, -0.05) is 13.8 Å². The Bertz CT molecular complexity index is 315. The first kappa shape index (κ1) is 15.5. The lowest BCUT2D eigenvalue weighted by molar-refractivity contribution is -0.494. The number of esters is 1. The van der Waals surface area contributed by atoms with Crippen LogP contribution in [0.4, 0.5) is 0 Å². The summed E-state index contributed by atoms with van der Waals surface area (Å²) in [7, 11) is 0. The number of carbonyl (C=O) groups excluding carboxylic acids is 2. The molecule has 0 bridgehead atoms. The van der Waals surface area contributed by atoms with E-state index in [4.69, 9.17) is 4.74 Å². The molecule has 98 valence electrons. The van der Waals surface area contributed by atoms with Gasteiger partial charge in [0.15, 0.2) is 0 Å². The highest BCUT2D eigenvalue weighted by Crippen LogP contribution is 2.31. The van der Waals surface area contributed by atoms with Gasteiger partial charge in [0.05, 0.1) is 12.5 Å². The third-order valence-corrected chi connectivity index (χ3v) is 3.01. The van der Waals surface area contributed by atoms with E-state index in [9.17, 15) is 19.7 Å².